The molecule has 0 bridgehead atoms. The molecule has 1 atom stereocenters. The summed E-state index contributed by atoms with van der Waals surface area (Å²) in [6.45, 7) is 3.80. The fraction of sp³-hybridized carbons (Fsp3) is 0.375. The van der Waals surface area contributed by atoms with Gasteiger partial charge in [0.05, 0.1) is 10.9 Å². The lowest BCUT2D eigenvalue weighted by molar-refractivity contribution is 0.527. The molecule has 166 valence electrons. The van der Waals surface area contributed by atoms with Gasteiger partial charge in [0.2, 0.25) is 10.0 Å². The lowest BCUT2D eigenvalue weighted by Crippen LogP contribution is -2.48. The number of rotatable bonds is 5. The first-order valence-electron chi connectivity index (χ1n) is 11.2. The molecule has 8 heteroatoms. The molecule has 0 N–H and O–H groups in total. The SMILES string of the molecule is CCc1cc(N2CCCC(S(=O)(=O)N3CCc4ccccc43)C2)nc(-c2ccccn2)n1. The van der Waals surface area contributed by atoms with Gasteiger partial charge in [-0.05, 0) is 49.4 Å². The average molecular weight is 450 g/mol. The van der Waals surface area contributed by atoms with Gasteiger partial charge in [-0.15, -0.1) is 0 Å². The molecule has 3 aromatic rings. The van der Waals surface area contributed by atoms with Gasteiger partial charge in [0.25, 0.3) is 0 Å². The number of fused-ring (bicyclic) bond motifs is 1. The Balaban J connectivity index is 1.43. The molecule has 2 aliphatic heterocycles. The highest BCUT2D eigenvalue weighted by Gasteiger charge is 2.38. The minimum Gasteiger partial charge on any atom is -0.355 e. The van der Waals surface area contributed by atoms with Gasteiger partial charge in [-0.3, -0.25) is 9.29 Å². The molecular weight excluding hydrogens is 422 g/mol. The minimum absolute atomic E-state index is 0.433. The van der Waals surface area contributed by atoms with Crippen molar-refractivity contribution in [2.45, 2.75) is 37.9 Å². The third-order valence-corrected chi connectivity index (χ3v) is 8.52. The summed E-state index contributed by atoms with van der Waals surface area (Å²) in [7, 11) is -3.46. The van der Waals surface area contributed by atoms with Crippen LogP contribution in [0.15, 0.2) is 54.7 Å². The van der Waals surface area contributed by atoms with Crippen molar-refractivity contribution in [3.8, 4) is 11.5 Å². The van der Waals surface area contributed by atoms with Crippen LogP contribution in [0.3, 0.4) is 0 Å². The second kappa shape index (κ2) is 8.50. The van der Waals surface area contributed by atoms with E-state index in [1.807, 2.05) is 48.5 Å². The molecule has 1 aromatic carbocycles. The zero-order chi connectivity index (χ0) is 22.1. The Kier molecular flexibility index (Phi) is 5.55. The predicted octanol–water partition coefficient (Wildman–Crippen LogP) is 3.46. The van der Waals surface area contributed by atoms with E-state index < -0.39 is 15.3 Å². The van der Waals surface area contributed by atoms with Gasteiger partial charge >= 0.3 is 0 Å². The standard InChI is InChI=1S/C24H27N5O2S/c1-2-19-16-23(27-24(26-19)21-10-5-6-13-25-21)28-14-7-9-20(17-28)32(30,31)29-15-12-18-8-3-4-11-22(18)29/h3-6,8,10-11,13,16,20H,2,7,9,12,14-15,17H2,1H3. The van der Waals surface area contributed by atoms with Crippen molar-refractivity contribution < 1.29 is 8.42 Å². The summed E-state index contributed by atoms with van der Waals surface area (Å²) in [5, 5.41) is -0.458. The van der Waals surface area contributed by atoms with Crippen LogP contribution in [-0.2, 0) is 22.9 Å². The Hall–Kier alpha value is -3.00. The van der Waals surface area contributed by atoms with Crippen LogP contribution in [0.5, 0.6) is 0 Å². The zero-order valence-electron chi connectivity index (χ0n) is 18.2. The van der Waals surface area contributed by atoms with Crippen LogP contribution >= 0.6 is 0 Å². The van der Waals surface area contributed by atoms with Crippen molar-refractivity contribution in [2.75, 3.05) is 28.8 Å². The highest BCUT2D eigenvalue weighted by atomic mass is 32.2. The lowest BCUT2D eigenvalue weighted by Gasteiger charge is -2.35. The molecule has 1 fully saturated rings. The monoisotopic (exact) mass is 449 g/mol. The van der Waals surface area contributed by atoms with Crippen LogP contribution in [0.1, 0.15) is 31.0 Å². The fourth-order valence-electron chi connectivity index (χ4n) is 4.58. The van der Waals surface area contributed by atoms with Gasteiger partial charge in [0, 0.05) is 37.6 Å². The zero-order valence-corrected chi connectivity index (χ0v) is 19.0. The Morgan fingerprint density at radius 3 is 2.72 bits per heavy atom. The van der Waals surface area contributed by atoms with Crippen LogP contribution in [-0.4, -0.2) is 48.3 Å². The fourth-order valence-corrected chi connectivity index (χ4v) is 6.57. The number of anilines is 2. The van der Waals surface area contributed by atoms with Crippen LogP contribution in [0, 0.1) is 0 Å². The number of nitrogens with zero attached hydrogens (tertiary/aromatic N) is 5. The maximum Gasteiger partial charge on any atom is 0.239 e. The summed E-state index contributed by atoms with van der Waals surface area (Å²) in [6, 6.07) is 15.5. The molecule has 1 saturated heterocycles. The second-order valence-electron chi connectivity index (χ2n) is 8.32. The normalized spacial score (nSPS) is 18.6. The number of para-hydroxylation sites is 1. The summed E-state index contributed by atoms with van der Waals surface area (Å²) in [5.41, 5.74) is 3.58. The maximum absolute atomic E-state index is 13.6. The van der Waals surface area contributed by atoms with Crippen molar-refractivity contribution in [3.63, 3.8) is 0 Å². The van der Waals surface area contributed by atoms with Crippen molar-refractivity contribution in [2.24, 2.45) is 0 Å². The number of pyridine rings is 1. The third kappa shape index (κ3) is 3.83. The molecule has 1 unspecified atom stereocenters. The van der Waals surface area contributed by atoms with Gasteiger partial charge in [-0.1, -0.05) is 31.2 Å². The largest absolute Gasteiger partial charge is 0.355 e. The number of piperidine rings is 1. The number of aromatic nitrogens is 3. The van der Waals surface area contributed by atoms with E-state index in [-0.39, 0.29) is 0 Å². The van der Waals surface area contributed by atoms with E-state index in [9.17, 15) is 8.42 Å². The van der Waals surface area contributed by atoms with Crippen molar-refractivity contribution in [1.82, 2.24) is 15.0 Å². The smallest absolute Gasteiger partial charge is 0.239 e. The second-order valence-corrected chi connectivity index (χ2v) is 10.5. The first kappa shape index (κ1) is 20.9. The quantitative estimate of drug-likeness (QED) is 0.594. The molecule has 0 amide bonds. The summed E-state index contributed by atoms with van der Waals surface area (Å²) in [5.74, 6) is 1.36. The number of benzene rings is 1. The molecule has 7 nitrogen and oxygen atoms in total. The minimum atomic E-state index is -3.46. The molecular formula is C24H27N5O2S. The van der Waals surface area contributed by atoms with Gasteiger partial charge in [-0.2, -0.15) is 0 Å². The summed E-state index contributed by atoms with van der Waals surface area (Å²) in [4.78, 5) is 15.9. The predicted molar refractivity (Wildman–Crippen MR) is 126 cm³/mol. The van der Waals surface area contributed by atoms with E-state index in [1.54, 1.807) is 10.5 Å². The van der Waals surface area contributed by atoms with E-state index in [1.165, 1.54) is 0 Å². The van der Waals surface area contributed by atoms with Gasteiger partial charge in [-0.25, -0.2) is 18.4 Å². The van der Waals surface area contributed by atoms with Crippen molar-refractivity contribution in [3.05, 3.63) is 66.0 Å². The molecule has 0 saturated carbocycles. The van der Waals surface area contributed by atoms with Crippen molar-refractivity contribution >= 4 is 21.5 Å². The van der Waals surface area contributed by atoms with Gasteiger partial charge in [0.1, 0.15) is 11.5 Å². The average Bonchev–Trinajstić information content (AvgIpc) is 3.29. The molecule has 4 heterocycles. The van der Waals surface area contributed by atoms with E-state index in [4.69, 9.17) is 4.98 Å². The van der Waals surface area contributed by atoms with Gasteiger partial charge < -0.3 is 4.90 Å². The van der Waals surface area contributed by atoms with E-state index >= 15 is 0 Å². The number of hydrogen-bond donors (Lipinski definition) is 0. The summed E-state index contributed by atoms with van der Waals surface area (Å²) in [6.07, 6.45) is 4.75. The molecule has 0 spiro atoms. The van der Waals surface area contributed by atoms with E-state index in [2.05, 4.69) is 21.8 Å². The number of sulfonamides is 1. The highest BCUT2D eigenvalue weighted by Crippen LogP contribution is 2.34. The highest BCUT2D eigenvalue weighted by molar-refractivity contribution is 7.93. The van der Waals surface area contributed by atoms with Crippen LogP contribution in [0.2, 0.25) is 0 Å². The first-order valence-corrected chi connectivity index (χ1v) is 12.7. The first-order chi connectivity index (χ1) is 15.6. The van der Waals surface area contributed by atoms with Crippen LogP contribution in [0.4, 0.5) is 11.5 Å². The Morgan fingerprint density at radius 2 is 1.91 bits per heavy atom. The lowest BCUT2D eigenvalue weighted by atomic mass is 10.1. The molecule has 0 radical (unpaired) electrons. The molecule has 5 rings (SSSR count). The Bertz CT molecular complexity index is 1220. The number of aryl methyl sites for hydroxylation is 1. The molecule has 32 heavy (non-hydrogen) atoms. The van der Waals surface area contributed by atoms with E-state index in [0.29, 0.717) is 25.3 Å². The molecule has 0 aliphatic carbocycles. The Labute approximate surface area is 189 Å². The third-order valence-electron chi connectivity index (χ3n) is 6.30. The molecule has 2 aliphatic rings. The molecule has 2 aromatic heterocycles. The van der Waals surface area contributed by atoms with Gasteiger partial charge in [0.15, 0.2) is 5.82 Å². The topological polar surface area (TPSA) is 79.3 Å². The summed E-state index contributed by atoms with van der Waals surface area (Å²) < 4.78 is 28.8. The van der Waals surface area contributed by atoms with Crippen molar-refractivity contribution in [1.29, 1.82) is 0 Å². The Morgan fingerprint density at radius 1 is 1.06 bits per heavy atom. The summed E-state index contributed by atoms with van der Waals surface area (Å²) >= 11 is 0. The van der Waals surface area contributed by atoms with Crippen LogP contribution in [0.25, 0.3) is 11.5 Å². The van der Waals surface area contributed by atoms with E-state index in [0.717, 1.165) is 54.3 Å². The maximum atomic E-state index is 13.6. The number of hydrogen-bond acceptors (Lipinski definition) is 6. The van der Waals surface area contributed by atoms with Crippen LogP contribution < -0.4 is 9.21 Å².